The van der Waals surface area contributed by atoms with E-state index in [1.165, 1.54) is 0 Å². The highest BCUT2D eigenvalue weighted by atomic mass is 16.5. The zero-order valence-electron chi connectivity index (χ0n) is 10.7. The Morgan fingerprint density at radius 3 is 2.56 bits per heavy atom. The molecule has 0 fully saturated rings. The van der Waals surface area contributed by atoms with Crippen molar-refractivity contribution >= 4 is 5.97 Å². The summed E-state index contributed by atoms with van der Waals surface area (Å²) in [7, 11) is 1.61. The number of carboxylic acids is 1. The summed E-state index contributed by atoms with van der Waals surface area (Å²) in [4.78, 5) is 11.1. The molecule has 1 N–H and O–H groups in total. The first-order valence-electron chi connectivity index (χ1n) is 6.07. The van der Waals surface area contributed by atoms with Gasteiger partial charge in [0.2, 0.25) is 0 Å². The lowest BCUT2D eigenvalue weighted by atomic mass is 9.97. The van der Waals surface area contributed by atoms with Crippen LogP contribution in [0.4, 0.5) is 0 Å². The van der Waals surface area contributed by atoms with Gasteiger partial charge in [-0.15, -0.1) is 0 Å². The summed E-state index contributed by atoms with van der Waals surface area (Å²) < 4.78 is 10.2. The van der Waals surface area contributed by atoms with E-state index in [-0.39, 0.29) is 0 Å². The van der Waals surface area contributed by atoms with E-state index in [1.54, 1.807) is 7.11 Å². The van der Waals surface area contributed by atoms with Crippen LogP contribution in [-0.2, 0) is 20.7 Å². The molecule has 1 aromatic rings. The smallest absolute Gasteiger partial charge is 0.306 e. The predicted octanol–water partition coefficient (Wildman–Crippen LogP) is 1.98. The Labute approximate surface area is 108 Å². The first-order chi connectivity index (χ1) is 8.74. The average molecular weight is 252 g/mol. The van der Waals surface area contributed by atoms with Crippen molar-refractivity contribution in [2.45, 2.75) is 12.8 Å². The first-order valence-corrected chi connectivity index (χ1v) is 6.07. The van der Waals surface area contributed by atoms with Gasteiger partial charge in [0, 0.05) is 13.7 Å². The average Bonchev–Trinajstić information content (AvgIpc) is 2.38. The molecule has 0 aliphatic rings. The third-order valence-electron chi connectivity index (χ3n) is 2.72. The van der Waals surface area contributed by atoms with Gasteiger partial charge in [-0.1, -0.05) is 30.3 Å². The number of hydrogen-bond acceptors (Lipinski definition) is 3. The maximum absolute atomic E-state index is 11.1. The topological polar surface area (TPSA) is 55.8 Å². The molecule has 0 aromatic heterocycles. The van der Waals surface area contributed by atoms with Gasteiger partial charge in [-0.3, -0.25) is 4.79 Å². The molecule has 4 nitrogen and oxygen atoms in total. The minimum absolute atomic E-state index is 0.394. The molecule has 0 heterocycles. The van der Waals surface area contributed by atoms with Crippen LogP contribution < -0.4 is 0 Å². The van der Waals surface area contributed by atoms with Crippen molar-refractivity contribution in [3.8, 4) is 0 Å². The highest BCUT2D eigenvalue weighted by Gasteiger charge is 2.17. The van der Waals surface area contributed by atoms with Crippen molar-refractivity contribution in [1.82, 2.24) is 0 Å². The summed E-state index contributed by atoms with van der Waals surface area (Å²) in [6, 6.07) is 9.66. The third kappa shape index (κ3) is 5.80. The largest absolute Gasteiger partial charge is 0.481 e. The molecule has 1 rings (SSSR count). The van der Waals surface area contributed by atoms with E-state index in [4.69, 9.17) is 14.6 Å². The summed E-state index contributed by atoms with van der Waals surface area (Å²) in [5.41, 5.74) is 1.04. The van der Waals surface area contributed by atoms with E-state index in [1.807, 2.05) is 30.3 Å². The van der Waals surface area contributed by atoms with Gasteiger partial charge in [0.15, 0.2) is 0 Å². The fourth-order valence-corrected chi connectivity index (χ4v) is 1.68. The third-order valence-corrected chi connectivity index (χ3v) is 2.72. The Morgan fingerprint density at radius 2 is 1.94 bits per heavy atom. The van der Waals surface area contributed by atoms with Crippen molar-refractivity contribution in [1.29, 1.82) is 0 Å². The number of aliphatic carboxylic acids is 1. The molecule has 4 heteroatoms. The van der Waals surface area contributed by atoms with Crippen molar-refractivity contribution in [2.24, 2.45) is 5.92 Å². The second-order valence-electron chi connectivity index (χ2n) is 4.12. The molecule has 18 heavy (non-hydrogen) atoms. The van der Waals surface area contributed by atoms with Crippen LogP contribution in [-0.4, -0.2) is 38.0 Å². The van der Waals surface area contributed by atoms with Crippen LogP contribution >= 0.6 is 0 Å². The van der Waals surface area contributed by atoms with Crippen LogP contribution in [0.25, 0.3) is 0 Å². The Morgan fingerprint density at radius 1 is 1.22 bits per heavy atom. The maximum atomic E-state index is 11.1. The second kappa shape index (κ2) is 8.66. The fourth-order valence-electron chi connectivity index (χ4n) is 1.68. The molecule has 0 aliphatic carbocycles. The maximum Gasteiger partial charge on any atom is 0.306 e. The van der Waals surface area contributed by atoms with Gasteiger partial charge < -0.3 is 14.6 Å². The van der Waals surface area contributed by atoms with Gasteiger partial charge >= 0.3 is 5.97 Å². The highest BCUT2D eigenvalue weighted by molar-refractivity contribution is 5.70. The number of carbonyl (C=O) groups is 1. The van der Waals surface area contributed by atoms with Crippen molar-refractivity contribution in [3.05, 3.63) is 35.9 Å². The summed E-state index contributed by atoms with van der Waals surface area (Å²) in [5, 5.41) is 9.16. The number of rotatable bonds is 9. The molecule has 100 valence electrons. The number of carboxylic acid groups (broad SMARTS) is 1. The van der Waals surface area contributed by atoms with Crippen LogP contribution in [0.2, 0.25) is 0 Å². The molecule has 0 bridgehead atoms. The molecule has 0 saturated heterocycles. The van der Waals surface area contributed by atoms with Gasteiger partial charge in [-0.2, -0.15) is 0 Å². The summed E-state index contributed by atoms with van der Waals surface area (Å²) in [5.74, 6) is -1.16. The second-order valence-corrected chi connectivity index (χ2v) is 4.12. The highest BCUT2D eigenvalue weighted by Crippen LogP contribution is 2.12. The quantitative estimate of drug-likeness (QED) is 0.683. The lowest BCUT2D eigenvalue weighted by Gasteiger charge is -2.12. The van der Waals surface area contributed by atoms with Gasteiger partial charge in [-0.25, -0.2) is 0 Å². The first kappa shape index (κ1) is 14.7. The lowest BCUT2D eigenvalue weighted by molar-refractivity contribution is -0.142. The van der Waals surface area contributed by atoms with Crippen LogP contribution in [0, 0.1) is 5.92 Å². The van der Waals surface area contributed by atoms with Crippen LogP contribution in [0.15, 0.2) is 30.3 Å². The van der Waals surface area contributed by atoms with E-state index < -0.39 is 11.9 Å². The molecule has 1 unspecified atom stereocenters. The number of hydrogen-bond donors (Lipinski definition) is 1. The predicted molar refractivity (Wildman–Crippen MR) is 68.6 cm³/mol. The fraction of sp³-hybridized carbons (Fsp3) is 0.500. The van der Waals surface area contributed by atoms with Gasteiger partial charge in [-0.05, 0) is 18.4 Å². The summed E-state index contributed by atoms with van der Waals surface area (Å²) in [6.07, 6.45) is 1.07. The molecule has 0 aliphatic heterocycles. The standard InChI is InChI=1S/C14H20O4/c1-17-9-10-18-8-7-13(14(15)16)11-12-5-3-2-4-6-12/h2-6,13H,7-11H2,1H3,(H,15,16). The lowest BCUT2D eigenvalue weighted by Crippen LogP contribution is -2.19. The van der Waals surface area contributed by atoms with E-state index in [0.29, 0.717) is 32.7 Å². The Balaban J connectivity index is 2.34. The molecule has 0 amide bonds. The zero-order chi connectivity index (χ0) is 13.2. The molecular formula is C14H20O4. The minimum Gasteiger partial charge on any atom is -0.481 e. The molecule has 0 saturated carbocycles. The molecular weight excluding hydrogens is 232 g/mol. The van der Waals surface area contributed by atoms with Gasteiger partial charge in [0.25, 0.3) is 0 Å². The SMILES string of the molecule is COCCOCCC(Cc1ccccc1)C(=O)O. The van der Waals surface area contributed by atoms with Crippen LogP contribution in [0.5, 0.6) is 0 Å². The normalized spacial score (nSPS) is 12.3. The molecule has 1 aromatic carbocycles. The van der Waals surface area contributed by atoms with E-state index >= 15 is 0 Å². The van der Waals surface area contributed by atoms with Crippen molar-refractivity contribution in [2.75, 3.05) is 26.9 Å². The van der Waals surface area contributed by atoms with E-state index in [2.05, 4.69) is 0 Å². The summed E-state index contributed by atoms with van der Waals surface area (Å²) >= 11 is 0. The van der Waals surface area contributed by atoms with Crippen molar-refractivity contribution in [3.63, 3.8) is 0 Å². The number of benzene rings is 1. The minimum atomic E-state index is -0.769. The van der Waals surface area contributed by atoms with Crippen molar-refractivity contribution < 1.29 is 19.4 Å². The van der Waals surface area contributed by atoms with E-state index in [0.717, 1.165) is 5.56 Å². The van der Waals surface area contributed by atoms with Gasteiger partial charge in [0.1, 0.15) is 0 Å². The van der Waals surface area contributed by atoms with Crippen LogP contribution in [0.3, 0.4) is 0 Å². The molecule has 1 atom stereocenters. The zero-order valence-corrected chi connectivity index (χ0v) is 10.7. The Hall–Kier alpha value is -1.39. The molecule has 0 radical (unpaired) electrons. The summed E-state index contributed by atoms with van der Waals surface area (Å²) in [6.45, 7) is 1.50. The van der Waals surface area contributed by atoms with Crippen LogP contribution in [0.1, 0.15) is 12.0 Å². The number of methoxy groups -OCH3 is 1. The van der Waals surface area contributed by atoms with E-state index in [9.17, 15) is 4.79 Å². The number of ether oxygens (including phenoxy) is 2. The molecule has 0 spiro atoms. The Bertz CT molecular complexity index is 337. The van der Waals surface area contributed by atoms with Gasteiger partial charge in [0.05, 0.1) is 19.1 Å². The monoisotopic (exact) mass is 252 g/mol. The Kier molecular flexibility index (Phi) is 7.06.